The molecule has 0 aromatic heterocycles. The summed E-state index contributed by atoms with van der Waals surface area (Å²) in [5.41, 5.74) is 3.50. The summed E-state index contributed by atoms with van der Waals surface area (Å²) in [5, 5.41) is 12.8. The SMILES string of the molecule is CN(C(=O)[C@H]1CCC[C@H]1NC(=O)OCC1c2ccccc2-c2ccccc21)C1(C(=O)O)CCCC1. The highest BCUT2D eigenvalue weighted by Gasteiger charge is 2.49. The number of carboxylic acid groups (broad SMARTS) is 1. The molecule has 2 saturated carbocycles. The van der Waals surface area contributed by atoms with Crippen molar-refractivity contribution in [2.24, 2.45) is 5.92 Å². The summed E-state index contributed by atoms with van der Waals surface area (Å²) >= 11 is 0. The van der Waals surface area contributed by atoms with Gasteiger partial charge in [0.05, 0.1) is 5.92 Å². The molecule has 2 aromatic carbocycles. The number of nitrogens with zero attached hydrogens (tertiary/aromatic N) is 1. The van der Waals surface area contributed by atoms with Gasteiger partial charge in [0.1, 0.15) is 12.1 Å². The molecule has 0 radical (unpaired) electrons. The van der Waals surface area contributed by atoms with Gasteiger partial charge in [-0.05, 0) is 47.9 Å². The Morgan fingerprint density at radius 2 is 1.57 bits per heavy atom. The minimum Gasteiger partial charge on any atom is -0.479 e. The zero-order chi connectivity index (χ0) is 24.6. The Balaban J connectivity index is 1.23. The lowest BCUT2D eigenvalue weighted by Crippen LogP contribution is -2.56. The van der Waals surface area contributed by atoms with Gasteiger partial charge in [0.25, 0.3) is 0 Å². The maximum absolute atomic E-state index is 13.3. The third-order valence-electron chi connectivity index (χ3n) is 8.28. The number of alkyl carbamates (subject to hydrolysis) is 1. The molecule has 0 saturated heterocycles. The zero-order valence-corrected chi connectivity index (χ0v) is 20.0. The maximum atomic E-state index is 13.3. The van der Waals surface area contributed by atoms with Gasteiger partial charge in [0.2, 0.25) is 5.91 Å². The molecule has 0 unspecified atom stereocenters. The van der Waals surface area contributed by atoms with Crippen molar-refractivity contribution in [3.63, 3.8) is 0 Å². The van der Waals surface area contributed by atoms with E-state index in [4.69, 9.17) is 4.74 Å². The van der Waals surface area contributed by atoms with Gasteiger partial charge in [-0.3, -0.25) is 4.79 Å². The van der Waals surface area contributed by atoms with Crippen LogP contribution in [-0.2, 0) is 14.3 Å². The third kappa shape index (κ3) is 4.07. The molecule has 5 rings (SSSR count). The molecule has 0 spiro atoms. The monoisotopic (exact) mass is 476 g/mol. The average Bonchev–Trinajstić information content (AvgIpc) is 3.60. The van der Waals surface area contributed by atoms with Crippen LogP contribution in [0.25, 0.3) is 11.1 Å². The van der Waals surface area contributed by atoms with Crippen LogP contribution in [0, 0.1) is 5.92 Å². The molecule has 0 heterocycles. The molecule has 3 aliphatic rings. The van der Waals surface area contributed by atoms with Crippen LogP contribution < -0.4 is 5.32 Å². The Bertz CT molecular complexity index is 1090. The Hall–Kier alpha value is -3.35. The summed E-state index contributed by atoms with van der Waals surface area (Å²) in [7, 11) is 1.60. The van der Waals surface area contributed by atoms with Crippen LogP contribution in [0.3, 0.4) is 0 Å². The van der Waals surface area contributed by atoms with E-state index in [0.29, 0.717) is 25.7 Å². The van der Waals surface area contributed by atoms with Crippen molar-refractivity contribution in [2.75, 3.05) is 13.7 Å². The molecule has 2 fully saturated rings. The second-order valence-corrected chi connectivity index (χ2v) is 10.1. The summed E-state index contributed by atoms with van der Waals surface area (Å²) in [6.07, 6.45) is 4.13. The van der Waals surface area contributed by atoms with Gasteiger partial charge >= 0.3 is 12.1 Å². The molecule has 0 bridgehead atoms. The first kappa shape index (κ1) is 23.4. The first-order valence-corrected chi connectivity index (χ1v) is 12.5. The summed E-state index contributed by atoms with van der Waals surface area (Å²) in [6.45, 7) is 0.215. The number of ether oxygens (including phenoxy) is 1. The molecular formula is C28H32N2O5. The van der Waals surface area contributed by atoms with Crippen molar-refractivity contribution >= 4 is 18.0 Å². The van der Waals surface area contributed by atoms with Crippen LogP contribution >= 0.6 is 0 Å². The maximum Gasteiger partial charge on any atom is 0.407 e. The second kappa shape index (κ2) is 9.36. The number of carbonyl (C=O) groups excluding carboxylic acids is 2. The number of benzene rings is 2. The molecular weight excluding hydrogens is 444 g/mol. The van der Waals surface area contributed by atoms with Crippen LogP contribution in [0.4, 0.5) is 4.79 Å². The average molecular weight is 477 g/mol. The van der Waals surface area contributed by atoms with Gasteiger partial charge in [-0.25, -0.2) is 9.59 Å². The molecule has 3 aliphatic carbocycles. The lowest BCUT2D eigenvalue weighted by atomic mass is 9.92. The highest BCUT2D eigenvalue weighted by Crippen LogP contribution is 2.44. The summed E-state index contributed by atoms with van der Waals surface area (Å²) in [4.78, 5) is 39.6. The number of amides is 2. The van der Waals surface area contributed by atoms with E-state index in [1.807, 2.05) is 24.3 Å². The molecule has 2 amide bonds. The number of rotatable bonds is 6. The molecule has 0 aliphatic heterocycles. The van der Waals surface area contributed by atoms with Crippen LogP contribution in [-0.4, -0.2) is 53.2 Å². The van der Waals surface area contributed by atoms with Crippen molar-refractivity contribution < 1.29 is 24.2 Å². The minimum atomic E-state index is -1.13. The molecule has 7 nitrogen and oxygen atoms in total. The first-order valence-electron chi connectivity index (χ1n) is 12.5. The van der Waals surface area contributed by atoms with Crippen molar-refractivity contribution in [3.8, 4) is 11.1 Å². The van der Waals surface area contributed by atoms with E-state index < -0.39 is 23.5 Å². The van der Waals surface area contributed by atoms with Gasteiger partial charge in [-0.1, -0.05) is 67.8 Å². The molecule has 35 heavy (non-hydrogen) atoms. The number of nitrogens with one attached hydrogen (secondary N) is 1. The Morgan fingerprint density at radius 1 is 0.971 bits per heavy atom. The number of fused-ring (bicyclic) bond motifs is 3. The van der Waals surface area contributed by atoms with E-state index >= 15 is 0 Å². The van der Waals surface area contributed by atoms with Gasteiger partial charge in [0.15, 0.2) is 0 Å². The standard InChI is InChI=1S/C28H32N2O5/c1-30(28(26(32)33)15-6-7-16-28)25(31)22-13-8-14-24(22)29-27(34)35-17-23-20-11-4-2-9-18(20)19-10-3-5-12-21(19)23/h2-5,9-12,22-24H,6-8,13-17H2,1H3,(H,29,34)(H,32,33)/t22-,24+/m0/s1. The molecule has 2 aromatic rings. The number of carbonyl (C=O) groups is 3. The van der Waals surface area contributed by atoms with Crippen molar-refractivity contribution in [2.45, 2.75) is 62.4 Å². The van der Waals surface area contributed by atoms with Crippen molar-refractivity contribution in [1.82, 2.24) is 10.2 Å². The Morgan fingerprint density at radius 3 is 2.17 bits per heavy atom. The van der Waals surface area contributed by atoms with Crippen LogP contribution in [0.2, 0.25) is 0 Å². The highest BCUT2D eigenvalue weighted by atomic mass is 16.5. The fourth-order valence-corrected chi connectivity index (χ4v) is 6.33. The molecule has 7 heteroatoms. The second-order valence-electron chi connectivity index (χ2n) is 10.1. The van der Waals surface area contributed by atoms with Gasteiger partial charge in [-0.15, -0.1) is 0 Å². The van der Waals surface area contributed by atoms with Crippen LogP contribution in [0.15, 0.2) is 48.5 Å². The van der Waals surface area contributed by atoms with Crippen molar-refractivity contribution in [1.29, 1.82) is 0 Å². The summed E-state index contributed by atoms with van der Waals surface area (Å²) in [6, 6.07) is 16.0. The van der Waals surface area contributed by atoms with Crippen LogP contribution in [0.1, 0.15) is 62.0 Å². The quantitative estimate of drug-likeness (QED) is 0.638. The minimum absolute atomic E-state index is 0.0296. The first-order chi connectivity index (χ1) is 16.9. The lowest BCUT2D eigenvalue weighted by Gasteiger charge is -2.37. The van der Waals surface area contributed by atoms with Gasteiger partial charge in [-0.2, -0.15) is 0 Å². The largest absolute Gasteiger partial charge is 0.479 e. The van der Waals surface area contributed by atoms with E-state index in [1.165, 1.54) is 16.0 Å². The fourth-order valence-electron chi connectivity index (χ4n) is 6.33. The van der Waals surface area contributed by atoms with E-state index in [2.05, 4.69) is 29.6 Å². The smallest absolute Gasteiger partial charge is 0.407 e. The normalized spacial score (nSPS) is 22.3. The number of hydrogen-bond donors (Lipinski definition) is 2. The summed E-state index contributed by atoms with van der Waals surface area (Å²) in [5.74, 6) is -1.60. The van der Waals surface area contributed by atoms with Gasteiger partial charge < -0.3 is 20.1 Å². The van der Waals surface area contributed by atoms with E-state index in [0.717, 1.165) is 30.4 Å². The number of carboxylic acids is 1. The predicted molar refractivity (Wildman–Crippen MR) is 131 cm³/mol. The fraction of sp³-hybridized carbons (Fsp3) is 0.464. The Kier molecular flexibility index (Phi) is 6.26. The Labute approximate surface area is 205 Å². The highest BCUT2D eigenvalue weighted by molar-refractivity contribution is 5.89. The van der Waals surface area contributed by atoms with E-state index in [1.54, 1.807) is 7.05 Å². The predicted octanol–water partition coefficient (Wildman–Crippen LogP) is 4.55. The van der Waals surface area contributed by atoms with Crippen molar-refractivity contribution in [3.05, 3.63) is 59.7 Å². The zero-order valence-electron chi connectivity index (χ0n) is 20.0. The van der Waals surface area contributed by atoms with E-state index in [9.17, 15) is 19.5 Å². The lowest BCUT2D eigenvalue weighted by molar-refractivity contribution is -0.159. The molecule has 184 valence electrons. The number of aliphatic carboxylic acids is 1. The van der Waals surface area contributed by atoms with E-state index in [-0.39, 0.29) is 24.5 Å². The summed E-state index contributed by atoms with van der Waals surface area (Å²) < 4.78 is 5.68. The topological polar surface area (TPSA) is 95.9 Å². The third-order valence-corrected chi connectivity index (χ3v) is 8.28. The molecule has 2 atom stereocenters. The van der Waals surface area contributed by atoms with Gasteiger partial charge in [0, 0.05) is 19.0 Å². The van der Waals surface area contributed by atoms with Crippen LogP contribution in [0.5, 0.6) is 0 Å². The molecule has 2 N–H and O–H groups in total. The number of likely N-dealkylation sites (N-methyl/N-ethyl adjacent to an activating group) is 1. The number of hydrogen-bond acceptors (Lipinski definition) is 4.